The van der Waals surface area contributed by atoms with Gasteiger partial charge in [0.05, 0.1) is 6.04 Å². The number of hydrogen-bond acceptors (Lipinski definition) is 5. The zero-order valence-electron chi connectivity index (χ0n) is 12.5. The summed E-state index contributed by atoms with van der Waals surface area (Å²) in [6.07, 6.45) is 6.12. The van der Waals surface area contributed by atoms with Gasteiger partial charge in [-0.15, -0.1) is 0 Å². The zero-order chi connectivity index (χ0) is 14.9. The van der Waals surface area contributed by atoms with Crippen LogP contribution in [-0.2, 0) is 4.79 Å². The summed E-state index contributed by atoms with van der Waals surface area (Å²) in [4.78, 5) is 16.5. The summed E-state index contributed by atoms with van der Waals surface area (Å²) < 4.78 is 10.9. The van der Waals surface area contributed by atoms with Crippen LogP contribution in [0.3, 0.4) is 0 Å². The number of Topliss-reactive ketones (excluding diaryl/α,β-unsaturated/α-hetero) is 1. The fourth-order valence-corrected chi connectivity index (χ4v) is 3.71. The number of carbonyl (C=O) groups excluding carboxylic acids is 1. The Morgan fingerprint density at radius 3 is 3.05 bits per heavy atom. The topological polar surface area (TPSA) is 64.4 Å². The Hall–Kier alpha value is -1.88. The van der Waals surface area contributed by atoms with Crippen molar-refractivity contribution in [3.05, 3.63) is 24.3 Å². The third-order valence-corrected chi connectivity index (χ3v) is 4.86. The maximum atomic E-state index is 12.3. The number of hydrogen-bond donors (Lipinski definition) is 1. The molecule has 4 rings (SSSR count). The number of ether oxygens (including phenoxy) is 1. The second-order valence-electron chi connectivity index (χ2n) is 6.31. The lowest BCUT2D eigenvalue weighted by molar-refractivity contribution is -0.123. The van der Waals surface area contributed by atoms with E-state index in [-0.39, 0.29) is 24.5 Å². The van der Waals surface area contributed by atoms with E-state index in [9.17, 15) is 4.79 Å². The second kappa shape index (κ2) is 5.72. The molecule has 2 aromatic rings. The molecule has 3 unspecified atom stereocenters. The lowest BCUT2D eigenvalue weighted by atomic mass is 9.85. The van der Waals surface area contributed by atoms with E-state index in [0.29, 0.717) is 17.5 Å². The van der Waals surface area contributed by atoms with Crippen LogP contribution in [0.5, 0.6) is 6.08 Å². The van der Waals surface area contributed by atoms with Crippen molar-refractivity contribution < 1.29 is 13.9 Å². The van der Waals surface area contributed by atoms with Crippen molar-refractivity contribution in [1.29, 1.82) is 0 Å². The first-order valence-electron chi connectivity index (χ1n) is 8.07. The van der Waals surface area contributed by atoms with E-state index < -0.39 is 0 Å². The summed E-state index contributed by atoms with van der Waals surface area (Å²) in [5, 5.41) is 3.47. The number of ketones is 1. The summed E-state index contributed by atoms with van der Waals surface area (Å²) in [6, 6.07) is 7.91. The minimum atomic E-state index is -0.0718. The van der Waals surface area contributed by atoms with Gasteiger partial charge in [0.15, 0.2) is 18.0 Å². The SMILES string of the molecule is O=C(COc1nc2ccccc2o1)C1CC2CCCCC2N1. The van der Waals surface area contributed by atoms with E-state index in [0.717, 1.165) is 11.9 Å². The Kier molecular flexibility index (Phi) is 3.58. The van der Waals surface area contributed by atoms with Crippen LogP contribution in [0.15, 0.2) is 28.7 Å². The summed E-state index contributed by atoms with van der Waals surface area (Å²) in [6.45, 7) is 0.0178. The quantitative estimate of drug-likeness (QED) is 0.940. The van der Waals surface area contributed by atoms with Crippen LogP contribution >= 0.6 is 0 Å². The molecule has 2 fully saturated rings. The number of carbonyl (C=O) groups is 1. The number of para-hydroxylation sites is 2. The number of oxazole rings is 1. The molecule has 5 heteroatoms. The van der Waals surface area contributed by atoms with Gasteiger partial charge in [0, 0.05) is 6.04 Å². The largest absolute Gasteiger partial charge is 0.442 e. The van der Waals surface area contributed by atoms with Gasteiger partial charge in [0.25, 0.3) is 0 Å². The van der Waals surface area contributed by atoms with Gasteiger partial charge >= 0.3 is 6.08 Å². The third kappa shape index (κ3) is 2.61. The number of aromatic nitrogens is 1. The van der Waals surface area contributed by atoms with Gasteiger partial charge in [-0.25, -0.2) is 0 Å². The molecule has 1 aliphatic heterocycles. The molecule has 2 heterocycles. The molecular weight excluding hydrogens is 280 g/mol. The van der Waals surface area contributed by atoms with E-state index in [1.165, 1.54) is 25.7 Å². The Bertz CT molecular complexity index is 634. The van der Waals surface area contributed by atoms with E-state index >= 15 is 0 Å². The Labute approximate surface area is 129 Å². The molecule has 0 spiro atoms. The molecule has 0 radical (unpaired) electrons. The number of nitrogens with one attached hydrogen (secondary N) is 1. The van der Waals surface area contributed by atoms with Crippen molar-refractivity contribution >= 4 is 16.9 Å². The number of nitrogens with zero attached hydrogens (tertiary/aromatic N) is 1. The van der Waals surface area contributed by atoms with E-state index in [4.69, 9.17) is 9.15 Å². The normalized spacial score (nSPS) is 27.7. The van der Waals surface area contributed by atoms with Gasteiger partial charge in [0.2, 0.25) is 0 Å². The highest BCUT2D eigenvalue weighted by molar-refractivity contribution is 5.85. The lowest BCUT2D eigenvalue weighted by Gasteiger charge is -2.24. The standard InChI is InChI=1S/C17H20N2O3/c20-15(14-9-11-5-1-2-6-12(11)18-14)10-21-17-19-13-7-3-4-8-16(13)22-17/h3-4,7-8,11-12,14,18H,1-2,5-6,9-10H2. The van der Waals surface area contributed by atoms with Gasteiger partial charge in [-0.1, -0.05) is 25.0 Å². The molecule has 2 aliphatic rings. The van der Waals surface area contributed by atoms with Gasteiger partial charge in [0.1, 0.15) is 5.52 Å². The predicted molar refractivity (Wildman–Crippen MR) is 81.8 cm³/mol. The maximum absolute atomic E-state index is 12.3. The zero-order valence-corrected chi connectivity index (χ0v) is 12.5. The highest BCUT2D eigenvalue weighted by atomic mass is 16.6. The monoisotopic (exact) mass is 300 g/mol. The first-order chi connectivity index (χ1) is 10.8. The number of fused-ring (bicyclic) bond motifs is 2. The van der Waals surface area contributed by atoms with Gasteiger partial charge in [-0.2, -0.15) is 4.98 Å². The molecule has 0 bridgehead atoms. The predicted octanol–water partition coefficient (Wildman–Crippen LogP) is 2.70. The average Bonchev–Trinajstić information content (AvgIpc) is 3.15. The van der Waals surface area contributed by atoms with E-state index in [1.807, 2.05) is 24.3 Å². The first-order valence-corrected chi connectivity index (χ1v) is 8.07. The van der Waals surface area contributed by atoms with E-state index in [1.54, 1.807) is 0 Å². The molecule has 22 heavy (non-hydrogen) atoms. The number of rotatable bonds is 4. The van der Waals surface area contributed by atoms with Crippen LogP contribution in [0.25, 0.3) is 11.1 Å². The van der Waals surface area contributed by atoms with E-state index in [2.05, 4.69) is 10.3 Å². The number of benzene rings is 1. The van der Waals surface area contributed by atoms with Crippen molar-refractivity contribution in [2.45, 2.75) is 44.2 Å². The first kappa shape index (κ1) is 13.8. The van der Waals surface area contributed by atoms with Gasteiger partial charge < -0.3 is 14.5 Å². The minimum absolute atomic E-state index is 0.0178. The van der Waals surface area contributed by atoms with Crippen molar-refractivity contribution in [3.63, 3.8) is 0 Å². The van der Waals surface area contributed by atoms with Gasteiger partial charge in [-0.3, -0.25) is 4.79 Å². The molecule has 1 N–H and O–H groups in total. The van der Waals surface area contributed by atoms with Crippen LogP contribution < -0.4 is 10.1 Å². The fourth-order valence-electron chi connectivity index (χ4n) is 3.71. The molecule has 1 aliphatic carbocycles. The third-order valence-electron chi connectivity index (χ3n) is 4.86. The molecule has 1 saturated heterocycles. The van der Waals surface area contributed by atoms with Crippen LogP contribution in [0, 0.1) is 5.92 Å². The van der Waals surface area contributed by atoms with Crippen LogP contribution in [0.1, 0.15) is 32.1 Å². The fraction of sp³-hybridized carbons (Fsp3) is 0.529. The van der Waals surface area contributed by atoms with Crippen molar-refractivity contribution in [2.75, 3.05) is 6.61 Å². The molecule has 5 nitrogen and oxygen atoms in total. The molecule has 1 saturated carbocycles. The smallest absolute Gasteiger partial charge is 0.395 e. The Balaban J connectivity index is 1.36. The van der Waals surface area contributed by atoms with Crippen LogP contribution in [-0.4, -0.2) is 29.5 Å². The van der Waals surface area contributed by atoms with Crippen LogP contribution in [0.4, 0.5) is 0 Å². The van der Waals surface area contributed by atoms with Crippen molar-refractivity contribution in [2.24, 2.45) is 5.92 Å². The Morgan fingerprint density at radius 2 is 2.18 bits per heavy atom. The maximum Gasteiger partial charge on any atom is 0.395 e. The van der Waals surface area contributed by atoms with Crippen LogP contribution in [0.2, 0.25) is 0 Å². The molecular formula is C17H20N2O3. The minimum Gasteiger partial charge on any atom is -0.442 e. The summed E-state index contributed by atoms with van der Waals surface area (Å²) in [5.74, 6) is 0.753. The molecule has 1 aromatic heterocycles. The highest BCUT2D eigenvalue weighted by Crippen LogP contribution is 2.33. The van der Waals surface area contributed by atoms with Crippen molar-refractivity contribution in [3.8, 4) is 6.08 Å². The molecule has 116 valence electrons. The molecule has 0 amide bonds. The Morgan fingerprint density at radius 1 is 1.32 bits per heavy atom. The highest BCUT2D eigenvalue weighted by Gasteiger charge is 2.38. The average molecular weight is 300 g/mol. The summed E-state index contributed by atoms with van der Waals surface area (Å²) >= 11 is 0. The summed E-state index contributed by atoms with van der Waals surface area (Å²) in [7, 11) is 0. The summed E-state index contributed by atoms with van der Waals surface area (Å²) in [5.41, 5.74) is 1.42. The molecule has 3 atom stereocenters. The lowest BCUT2D eigenvalue weighted by Crippen LogP contribution is -2.39. The molecule has 1 aromatic carbocycles. The van der Waals surface area contributed by atoms with Crippen molar-refractivity contribution in [1.82, 2.24) is 10.3 Å². The van der Waals surface area contributed by atoms with Gasteiger partial charge in [-0.05, 0) is 37.3 Å². The second-order valence-corrected chi connectivity index (χ2v) is 6.31.